The standard InChI is InChI=1S/C14H23N3O/c1-9-6-7-10(14(2,3)4)8-11(9)12(15)13(18)17(5)16/h6-8,12H,15-16H2,1-5H3. The monoisotopic (exact) mass is 249 g/mol. The Labute approximate surface area is 109 Å². The van der Waals surface area contributed by atoms with Gasteiger partial charge in [-0.25, -0.2) is 5.84 Å². The van der Waals surface area contributed by atoms with E-state index in [1.165, 1.54) is 7.05 Å². The second kappa shape index (κ2) is 5.08. The molecule has 100 valence electrons. The van der Waals surface area contributed by atoms with Gasteiger partial charge in [-0.05, 0) is 29.0 Å². The summed E-state index contributed by atoms with van der Waals surface area (Å²) in [6.07, 6.45) is 0. The summed E-state index contributed by atoms with van der Waals surface area (Å²) in [5, 5.41) is 1.04. The lowest BCUT2D eigenvalue weighted by atomic mass is 9.84. The summed E-state index contributed by atoms with van der Waals surface area (Å²) < 4.78 is 0. The minimum absolute atomic E-state index is 0.0276. The third-order valence-corrected chi connectivity index (χ3v) is 3.09. The smallest absolute Gasteiger partial charge is 0.257 e. The van der Waals surface area contributed by atoms with Crippen LogP contribution in [0.3, 0.4) is 0 Å². The number of likely N-dealkylation sites (N-methyl/N-ethyl adjacent to an activating group) is 1. The summed E-state index contributed by atoms with van der Waals surface area (Å²) in [7, 11) is 1.51. The van der Waals surface area contributed by atoms with Crippen molar-refractivity contribution < 1.29 is 4.79 Å². The fraction of sp³-hybridized carbons (Fsp3) is 0.500. The zero-order valence-corrected chi connectivity index (χ0v) is 11.8. The van der Waals surface area contributed by atoms with Gasteiger partial charge in [-0.1, -0.05) is 39.0 Å². The highest BCUT2D eigenvalue weighted by Gasteiger charge is 2.22. The van der Waals surface area contributed by atoms with Crippen LogP contribution in [0.15, 0.2) is 18.2 Å². The number of amides is 1. The van der Waals surface area contributed by atoms with Crippen molar-refractivity contribution in [1.29, 1.82) is 0 Å². The first-order valence-corrected chi connectivity index (χ1v) is 6.03. The van der Waals surface area contributed by atoms with Gasteiger partial charge >= 0.3 is 0 Å². The van der Waals surface area contributed by atoms with E-state index in [-0.39, 0.29) is 11.3 Å². The molecule has 0 saturated carbocycles. The van der Waals surface area contributed by atoms with Crippen LogP contribution in [-0.2, 0) is 10.2 Å². The van der Waals surface area contributed by atoms with Crippen molar-refractivity contribution in [2.75, 3.05) is 7.05 Å². The lowest BCUT2D eigenvalue weighted by Crippen LogP contribution is -2.40. The predicted octanol–water partition coefficient (Wildman–Crippen LogP) is 1.62. The van der Waals surface area contributed by atoms with Crippen LogP contribution in [-0.4, -0.2) is 18.0 Å². The molecular weight excluding hydrogens is 226 g/mol. The van der Waals surface area contributed by atoms with Gasteiger partial charge in [-0.3, -0.25) is 9.80 Å². The molecule has 0 fully saturated rings. The molecule has 1 aromatic carbocycles. The lowest BCUT2D eigenvalue weighted by molar-refractivity contribution is -0.131. The first-order chi connectivity index (χ1) is 8.14. The van der Waals surface area contributed by atoms with Gasteiger partial charge in [0, 0.05) is 7.05 Å². The number of hydrogen-bond acceptors (Lipinski definition) is 3. The third-order valence-electron chi connectivity index (χ3n) is 3.09. The van der Waals surface area contributed by atoms with E-state index in [4.69, 9.17) is 11.6 Å². The molecule has 0 aliphatic heterocycles. The first-order valence-electron chi connectivity index (χ1n) is 6.03. The minimum Gasteiger partial charge on any atom is -0.316 e. The van der Waals surface area contributed by atoms with E-state index >= 15 is 0 Å². The van der Waals surface area contributed by atoms with Crippen LogP contribution in [0.5, 0.6) is 0 Å². The van der Waals surface area contributed by atoms with Crippen LogP contribution < -0.4 is 11.6 Å². The number of nitrogens with two attached hydrogens (primary N) is 2. The van der Waals surface area contributed by atoms with Gasteiger partial charge in [0.2, 0.25) is 0 Å². The SMILES string of the molecule is Cc1ccc(C(C)(C)C)cc1C(N)C(=O)N(C)N. The van der Waals surface area contributed by atoms with Crippen LogP contribution >= 0.6 is 0 Å². The lowest BCUT2D eigenvalue weighted by Gasteiger charge is -2.23. The molecule has 1 unspecified atom stereocenters. The summed E-state index contributed by atoms with van der Waals surface area (Å²) in [6.45, 7) is 8.34. The Morgan fingerprint density at radius 2 is 1.89 bits per heavy atom. The maximum atomic E-state index is 11.8. The van der Waals surface area contributed by atoms with E-state index < -0.39 is 6.04 Å². The average molecular weight is 249 g/mol. The quantitative estimate of drug-likeness (QED) is 0.475. The largest absolute Gasteiger partial charge is 0.316 e. The number of aryl methyl sites for hydroxylation is 1. The third kappa shape index (κ3) is 3.09. The molecule has 0 bridgehead atoms. The average Bonchev–Trinajstić information content (AvgIpc) is 2.26. The van der Waals surface area contributed by atoms with E-state index in [2.05, 4.69) is 26.8 Å². The highest BCUT2D eigenvalue weighted by Crippen LogP contribution is 2.27. The van der Waals surface area contributed by atoms with Gasteiger partial charge in [-0.2, -0.15) is 0 Å². The van der Waals surface area contributed by atoms with Crippen molar-refractivity contribution in [1.82, 2.24) is 5.01 Å². The molecule has 0 heterocycles. The normalized spacial score (nSPS) is 13.3. The molecular formula is C14H23N3O. The first kappa shape index (κ1) is 14.7. The fourth-order valence-corrected chi connectivity index (χ4v) is 1.79. The summed E-state index contributed by atoms with van der Waals surface area (Å²) in [5.41, 5.74) is 9.01. The Morgan fingerprint density at radius 3 is 2.33 bits per heavy atom. The van der Waals surface area contributed by atoms with E-state index in [9.17, 15) is 4.79 Å². The molecule has 1 aromatic rings. The Balaban J connectivity index is 3.20. The van der Waals surface area contributed by atoms with Crippen LogP contribution in [0, 0.1) is 6.92 Å². The number of carbonyl (C=O) groups is 1. The number of hydrogen-bond donors (Lipinski definition) is 2. The van der Waals surface area contributed by atoms with Crippen molar-refractivity contribution in [3.8, 4) is 0 Å². The Bertz CT molecular complexity index is 447. The van der Waals surface area contributed by atoms with E-state index in [0.29, 0.717) is 0 Å². The molecule has 0 spiro atoms. The van der Waals surface area contributed by atoms with Gasteiger partial charge in [0.15, 0.2) is 0 Å². The number of hydrazine groups is 1. The van der Waals surface area contributed by atoms with Gasteiger partial charge < -0.3 is 5.73 Å². The highest BCUT2D eigenvalue weighted by molar-refractivity contribution is 5.82. The molecule has 18 heavy (non-hydrogen) atoms. The van der Waals surface area contributed by atoms with Crippen LogP contribution in [0.4, 0.5) is 0 Å². The molecule has 0 saturated heterocycles. The van der Waals surface area contributed by atoms with Gasteiger partial charge in [0.1, 0.15) is 6.04 Å². The maximum absolute atomic E-state index is 11.8. The Hall–Kier alpha value is -1.39. The molecule has 4 nitrogen and oxygen atoms in total. The molecule has 0 aromatic heterocycles. The van der Waals surface area contributed by atoms with Gasteiger partial charge in [0.25, 0.3) is 5.91 Å². The second-order valence-electron chi connectivity index (χ2n) is 5.75. The summed E-state index contributed by atoms with van der Waals surface area (Å²) in [4.78, 5) is 11.8. The van der Waals surface area contributed by atoms with Crippen molar-refractivity contribution in [3.63, 3.8) is 0 Å². The predicted molar refractivity (Wildman–Crippen MR) is 73.8 cm³/mol. The minimum atomic E-state index is -0.706. The van der Waals surface area contributed by atoms with Crippen LogP contribution in [0.25, 0.3) is 0 Å². The molecule has 1 amide bonds. The van der Waals surface area contributed by atoms with Crippen molar-refractivity contribution in [3.05, 3.63) is 34.9 Å². The van der Waals surface area contributed by atoms with Crippen molar-refractivity contribution >= 4 is 5.91 Å². The maximum Gasteiger partial charge on any atom is 0.257 e. The van der Waals surface area contributed by atoms with Crippen LogP contribution in [0.2, 0.25) is 0 Å². The molecule has 0 radical (unpaired) electrons. The zero-order chi connectivity index (χ0) is 14.1. The van der Waals surface area contributed by atoms with Crippen molar-refractivity contribution in [2.45, 2.75) is 39.2 Å². The number of carbonyl (C=O) groups excluding carboxylic acids is 1. The highest BCUT2D eigenvalue weighted by atomic mass is 16.2. The molecule has 1 atom stereocenters. The van der Waals surface area contributed by atoms with Crippen molar-refractivity contribution in [2.24, 2.45) is 11.6 Å². The molecule has 4 N–H and O–H groups in total. The van der Waals surface area contributed by atoms with E-state index in [0.717, 1.165) is 21.7 Å². The molecule has 0 aliphatic rings. The van der Waals surface area contributed by atoms with E-state index in [1.54, 1.807) is 0 Å². The molecule has 0 aliphatic carbocycles. The molecule has 4 heteroatoms. The number of benzene rings is 1. The van der Waals surface area contributed by atoms with Gasteiger partial charge in [-0.15, -0.1) is 0 Å². The number of nitrogens with zero attached hydrogens (tertiary/aromatic N) is 1. The Kier molecular flexibility index (Phi) is 4.14. The van der Waals surface area contributed by atoms with E-state index in [1.807, 2.05) is 19.1 Å². The summed E-state index contributed by atoms with van der Waals surface area (Å²) >= 11 is 0. The zero-order valence-electron chi connectivity index (χ0n) is 11.8. The Morgan fingerprint density at radius 1 is 1.33 bits per heavy atom. The fourth-order valence-electron chi connectivity index (χ4n) is 1.79. The van der Waals surface area contributed by atoms with Gasteiger partial charge in [0.05, 0.1) is 0 Å². The second-order valence-corrected chi connectivity index (χ2v) is 5.75. The summed E-state index contributed by atoms with van der Waals surface area (Å²) in [6, 6.07) is 5.37. The topological polar surface area (TPSA) is 72.4 Å². The van der Waals surface area contributed by atoms with Crippen LogP contribution in [0.1, 0.15) is 43.5 Å². The summed E-state index contributed by atoms with van der Waals surface area (Å²) in [5.74, 6) is 5.16. The number of rotatable bonds is 2. The molecule has 1 rings (SSSR count).